The molecule has 13 aromatic rings. The predicted octanol–water partition coefficient (Wildman–Crippen LogP) is 17.3. The highest BCUT2D eigenvalue weighted by molar-refractivity contribution is 7.25. The van der Waals surface area contributed by atoms with Gasteiger partial charge in [0.1, 0.15) is 11.2 Å². The number of nitrogens with one attached hydrogen (secondary N) is 1. The largest absolute Gasteiger partial charge is 0.456 e. The molecule has 0 aliphatic heterocycles. The topological polar surface area (TPSA) is 61.7 Å². The smallest absolute Gasteiger partial charge is 0.161 e. The molecule has 0 spiro atoms. The van der Waals surface area contributed by atoms with Crippen LogP contribution < -0.4 is 0 Å². The first-order valence-electron chi connectivity index (χ1n) is 22.8. The van der Waals surface area contributed by atoms with Gasteiger partial charge in [0.2, 0.25) is 0 Å². The Labute approximate surface area is 395 Å². The first-order chi connectivity index (χ1) is 33.6. The van der Waals surface area contributed by atoms with E-state index in [-0.39, 0.29) is 5.84 Å². The molecule has 0 amide bonds. The van der Waals surface area contributed by atoms with Crippen LogP contribution in [0.15, 0.2) is 239 Å². The van der Waals surface area contributed by atoms with Gasteiger partial charge in [-0.3, -0.25) is 5.41 Å². The minimum Gasteiger partial charge on any atom is -0.456 e. The Morgan fingerprint density at radius 1 is 0.412 bits per heavy atom. The minimum atomic E-state index is 0.130. The van der Waals surface area contributed by atoms with Crippen molar-refractivity contribution in [3.63, 3.8) is 0 Å². The molecule has 11 aromatic carbocycles. The van der Waals surface area contributed by atoms with E-state index in [1.807, 2.05) is 53.9 Å². The summed E-state index contributed by atoms with van der Waals surface area (Å²) >= 11 is 1.84. The lowest BCUT2D eigenvalue weighted by atomic mass is 9.95. The summed E-state index contributed by atoms with van der Waals surface area (Å²) < 4.78 is 9.09. The van der Waals surface area contributed by atoms with Crippen molar-refractivity contribution in [3.8, 4) is 33.4 Å². The van der Waals surface area contributed by atoms with E-state index in [4.69, 9.17) is 14.4 Å². The zero-order chi connectivity index (χ0) is 45.1. The number of benzene rings is 11. The second-order valence-electron chi connectivity index (χ2n) is 17.3. The molecule has 2 aromatic heterocycles. The second-order valence-corrected chi connectivity index (χ2v) is 18.4. The molecule has 1 N–H and O–H groups in total. The Morgan fingerprint density at radius 2 is 1.09 bits per heavy atom. The summed E-state index contributed by atoms with van der Waals surface area (Å²) in [6.45, 7) is 0. The Balaban J connectivity index is 0.862. The van der Waals surface area contributed by atoms with Crippen LogP contribution in [0.3, 0.4) is 0 Å². The highest BCUT2D eigenvalue weighted by Crippen LogP contribution is 2.41. The lowest BCUT2D eigenvalue weighted by Gasteiger charge is -2.09. The van der Waals surface area contributed by atoms with Gasteiger partial charge in [-0.15, -0.1) is 11.3 Å². The van der Waals surface area contributed by atoms with E-state index in [1.54, 1.807) is 0 Å². The van der Waals surface area contributed by atoms with E-state index in [0.717, 1.165) is 77.0 Å². The Hall–Kier alpha value is -8.77. The monoisotopic (exact) mass is 885 g/mol. The van der Waals surface area contributed by atoms with E-state index >= 15 is 0 Å². The highest BCUT2D eigenvalue weighted by atomic mass is 32.1. The zero-order valence-corrected chi connectivity index (χ0v) is 37.5. The van der Waals surface area contributed by atoms with E-state index in [9.17, 15) is 5.41 Å². The van der Waals surface area contributed by atoms with Gasteiger partial charge in [0, 0.05) is 48.3 Å². The van der Waals surface area contributed by atoms with Crippen molar-refractivity contribution in [2.24, 2.45) is 9.98 Å². The lowest BCUT2D eigenvalue weighted by Crippen LogP contribution is -2.05. The molecule has 0 fully saturated rings. The fraction of sp³-hybridized carbons (Fsp3) is 0. The Morgan fingerprint density at radius 3 is 1.99 bits per heavy atom. The fourth-order valence-corrected chi connectivity index (χ4v) is 10.8. The van der Waals surface area contributed by atoms with Gasteiger partial charge in [-0.25, -0.2) is 9.98 Å². The Bertz CT molecular complexity index is 4220. The predicted molar refractivity (Wildman–Crippen MR) is 289 cm³/mol. The molecular weight excluding hydrogens is 847 g/mol. The van der Waals surface area contributed by atoms with Gasteiger partial charge in [-0.05, 0) is 126 Å². The van der Waals surface area contributed by atoms with Gasteiger partial charge >= 0.3 is 0 Å². The maximum atomic E-state index is 9.42. The molecule has 13 rings (SSSR count). The molecule has 0 unspecified atom stereocenters. The van der Waals surface area contributed by atoms with Crippen LogP contribution in [-0.4, -0.2) is 17.9 Å². The van der Waals surface area contributed by atoms with E-state index in [2.05, 4.69) is 188 Å². The molecule has 0 aliphatic rings. The standard InChI is InChI=1S/C63H39N3OS/c64-62(66-63(44-23-18-41(19-24-44)40-9-2-1-3-10-40)65-38-39-17-30-52-47(33-39)26-22-43-11-4-5-12-51(43)52)49-27-21-42-20-25-48(34-50(42)35-49)53-14-8-15-58-61(53)56-37-45(28-31-57(56)67-58)46-29-32-60-55(36-46)54-13-6-7-16-59(54)68-60/h1-38,64H. The summed E-state index contributed by atoms with van der Waals surface area (Å²) in [5.41, 5.74) is 10.9. The third kappa shape index (κ3) is 7.05. The number of nitrogens with zero attached hydrogens (tertiary/aromatic N) is 2. The summed E-state index contributed by atoms with van der Waals surface area (Å²) in [5, 5.41) is 21.0. The normalized spacial score (nSPS) is 12.2. The summed E-state index contributed by atoms with van der Waals surface area (Å²) in [5.74, 6) is 0.592. The molecule has 0 aliphatic carbocycles. The number of thiophene rings is 1. The van der Waals surface area contributed by atoms with Crippen LogP contribution in [0.25, 0.3) is 108 Å². The number of fused-ring (bicyclic) bond motifs is 10. The molecule has 4 nitrogen and oxygen atoms in total. The summed E-state index contributed by atoms with van der Waals surface area (Å²) in [6, 6.07) is 78.7. The molecule has 0 radical (unpaired) electrons. The van der Waals surface area contributed by atoms with Crippen molar-refractivity contribution in [2.45, 2.75) is 0 Å². The first-order valence-corrected chi connectivity index (χ1v) is 23.6. The molecular formula is C63H39N3OS. The van der Waals surface area contributed by atoms with E-state index in [0.29, 0.717) is 11.4 Å². The van der Waals surface area contributed by atoms with E-state index in [1.165, 1.54) is 41.9 Å². The Kier molecular flexibility index (Phi) is 9.48. The van der Waals surface area contributed by atoms with Crippen molar-refractivity contribution in [2.75, 3.05) is 0 Å². The number of amidine groups is 2. The van der Waals surface area contributed by atoms with Crippen molar-refractivity contribution in [1.29, 1.82) is 5.41 Å². The van der Waals surface area contributed by atoms with Crippen LogP contribution >= 0.6 is 11.3 Å². The van der Waals surface area contributed by atoms with Crippen molar-refractivity contribution in [1.82, 2.24) is 0 Å². The SMILES string of the molecule is N=C(N=C(N=Cc1ccc2c(ccc3ccccc32)c1)c1ccc(-c2ccccc2)cc1)c1ccc2ccc(-c3cccc4oc5ccc(-c6ccc7sc8ccccc8c7c6)cc5c34)cc2c1. The van der Waals surface area contributed by atoms with Crippen LogP contribution in [0.4, 0.5) is 0 Å². The number of aliphatic imine (C=N–C) groups is 2. The van der Waals surface area contributed by atoms with Gasteiger partial charge in [0.05, 0.1) is 0 Å². The highest BCUT2D eigenvalue weighted by Gasteiger charge is 2.16. The van der Waals surface area contributed by atoms with Gasteiger partial charge in [-0.1, -0.05) is 170 Å². The fourth-order valence-electron chi connectivity index (χ4n) is 9.74. The molecule has 0 bridgehead atoms. The first kappa shape index (κ1) is 39.6. The number of hydrogen-bond acceptors (Lipinski definition) is 3. The summed E-state index contributed by atoms with van der Waals surface area (Å²) in [7, 11) is 0. The molecule has 2 heterocycles. The average molecular weight is 886 g/mol. The van der Waals surface area contributed by atoms with Crippen molar-refractivity contribution < 1.29 is 4.42 Å². The third-order valence-corrected chi connectivity index (χ3v) is 14.4. The molecule has 0 atom stereocenters. The average Bonchev–Trinajstić information content (AvgIpc) is 3.97. The molecule has 0 saturated carbocycles. The van der Waals surface area contributed by atoms with Gasteiger partial charge < -0.3 is 4.42 Å². The molecule has 5 heteroatoms. The lowest BCUT2D eigenvalue weighted by molar-refractivity contribution is 0.669. The van der Waals surface area contributed by atoms with Crippen molar-refractivity contribution >= 4 is 104 Å². The van der Waals surface area contributed by atoms with E-state index < -0.39 is 0 Å². The van der Waals surface area contributed by atoms with Crippen LogP contribution in [-0.2, 0) is 0 Å². The third-order valence-electron chi connectivity index (χ3n) is 13.2. The van der Waals surface area contributed by atoms with Crippen LogP contribution in [0.1, 0.15) is 16.7 Å². The maximum Gasteiger partial charge on any atom is 0.161 e. The summed E-state index contributed by atoms with van der Waals surface area (Å²) in [6.07, 6.45) is 1.85. The van der Waals surface area contributed by atoms with Gasteiger partial charge in [-0.2, -0.15) is 0 Å². The minimum absolute atomic E-state index is 0.130. The summed E-state index contributed by atoms with van der Waals surface area (Å²) in [4.78, 5) is 9.94. The molecule has 318 valence electrons. The van der Waals surface area contributed by atoms with Crippen LogP contribution in [0, 0.1) is 5.41 Å². The molecule has 68 heavy (non-hydrogen) atoms. The quantitative estimate of drug-likeness (QED) is 0.101. The van der Waals surface area contributed by atoms with Crippen molar-refractivity contribution in [3.05, 3.63) is 241 Å². The van der Waals surface area contributed by atoms with Gasteiger partial charge in [0.25, 0.3) is 0 Å². The maximum absolute atomic E-state index is 9.42. The second kappa shape index (κ2) is 16.3. The van der Waals surface area contributed by atoms with Crippen LogP contribution in [0.5, 0.6) is 0 Å². The number of rotatable bonds is 6. The molecule has 0 saturated heterocycles. The zero-order valence-electron chi connectivity index (χ0n) is 36.7. The van der Waals surface area contributed by atoms with Crippen LogP contribution in [0.2, 0.25) is 0 Å². The van der Waals surface area contributed by atoms with Gasteiger partial charge in [0.15, 0.2) is 11.7 Å². The number of furan rings is 1. The number of hydrogen-bond donors (Lipinski definition) is 1.